The highest BCUT2D eigenvalue weighted by atomic mass is 16.3. The van der Waals surface area contributed by atoms with Crippen molar-refractivity contribution in [3.8, 4) is 0 Å². The van der Waals surface area contributed by atoms with Gasteiger partial charge in [-0.3, -0.25) is 4.98 Å². The summed E-state index contributed by atoms with van der Waals surface area (Å²) in [5.41, 5.74) is 5.97. The Labute approximate surface area is 62.9 Å². The molecule has 0 radical (unpaired) electrons. The Hall–Kier alpha value is -1.78. The summed E-state index contributed by atoms with van der Waals surface area (Å²) in [6.45, 7) is 0. The molecule has 0 aliphatic rings. The van der Waals surface area contributed by atoms with E-state index in [2.05, 4.69) is 15.4 Å². The van der Waals surface area contributed by atoms with Gasteiger partial charge in [0.05, 0.1) is 5.29 Å². The van der Waals surface area contributed by atoms with Crippen molar-refractivity contribution in [1.82, 2.24) is 4.98 Å². The van der Waals surface area contributed by atoms with Gasteiger partial charge in [-0.25, -0.2) is 0 Å². The van der Waals surface area contributed by atoms with E-state index < -0.39 is 0 Å². The second kappa shape index (κ2) is 3.40. The van der Waals surface area contributed by atoms with Gasteiger partial charge in [0.2, 0.25) is 0 Å². The molecular weight excluding hydrogens is 144 g/mol. The SMILES string of the molecule is N/C(=N\N=O)c1ccncc1. The van der Waals surface area contributed by atoms with Crippen molar-refractivity contribution in [3.63, 3.8) is 0 Å². The smallest absolute Gasteiger partial charge is 0.156 e. The van der Waals surface area contributed by atoms with Gasteiger partial charge < -0.3 is 5.73 Å². The Morgan fingerprint density at radius 2 is 2.09 bits per heavy atom. The van der Waals surface area contributed by atoms with Crippen molar-refractivity contribution in [2.75, 3.05) is 0 Å². The predicted octanol–water partition coefficient (Wildman–Crippen LogP) is 0.468. The van der Waals surface area contributed by atoms with E-state index >= 15 is 0 Å². The summed E-state index contributed by atoms with van der Waals surface area (Å²) in [5, 5.41) is 5.44. The van der Waals surface area contributed by atoms with E-state index in [9.17, 15) is 4.91 Å². The molecule has 0 saturated heterocycles. The molecule has 2 N–H and O–H groups in total. The minimum atomic E-state index is 0.0994. The molecule has 0 aliphatic heterocycles. The Morgan fingerprint density at radius 1 is 1.45 bits per heavy atom. The van der Waals surface area contributed by atoms with Crippen molar-refractivity contribution in [2.45, 2.75) is 0 Å². The van der Waals surface area contributed by atoms with Gasteiger partial charge in [-0.05, 0) is 12.1 Å². The summed E-state index contributed by atoms with van der Waals surface area (Å²) in [6, 6.07) is 3.29. The summed E-state index contributed by atoms with van der Waals surface area (Å²) in [7, 11) is 0. The largest absolute Gasteiger partial charge is 0.382 e. The van der Waals surface area contributed by atoms with Gasteiger partial charge in [0.1, 0.15) is 0 Å². The average Bonchev–Trinajstić information content (AvgIpc) is 2.07. The normalized spacial score (nSPS) is 11.1. The van der Waals surface area contributed by atoms with Crippen LogP contribution >= 0.6 is 0 Å². The van der Waals surface area contributed by atoms with Gasteiger partial charge in [-0.15, -0.1) is 4.91 Å². The second-order valence-electron chi connectivity index (χ2n) is 1.80. The lowest BCUT2D eigenvalue weighted by atomic mass is 10.2. The van der Waals surface area contributed by atoms with Crippen LogP contribution < -0.4 is 5.73 Å². The zero-order chi connectivity index (χ0) is 8.10. The molecule has 11 heavy (non-hydrogen) atoms. The fourth-order valence-corrected chi connectivity index (χ4v) is 0.624. The van der Waals surface area contributed by atoms with Gasteiger partial charge in [-0.2, -0.15) is 0 Å². The van der Waals surface area contributed by atoms with Gasteiger partial charge >= 0.3 is 0 Å². The molecule has 0 bridgehead atoms. The van der Waals surface area contributed by atoms with Crippen molar-refractivity contribution < 1.29 is 0 Å². The van der Waals surface area contributed by atoms with Crippen molar-refractivity contribution >= 4 is 5.84 Å². The monoisotopic (exact) mass is 150 g/mol. The molecule has 5 nitrogen and oxygen atoms in total. The molecule has 0 aliphatic carbocycles. The number of nitrogens with two attached hydrogens (primary N) is 1. The number of pyridine rings is 1. The number of aromatic nitrogens is 1. The Morgan fingerprint density at radius 3 is 2.64 bits per heavy atom. The van der Waals surface area contributed by atoms with Crippen LogP contribution in [0.1, 0.15) is 5.56 Å². The van der Waals surface area contributed by atoms with E-state index in [0.717, 1.165) is 0 Å². The zero-order valence-electron chi connectivity index (χ0n) is 5.64. The molecule has 1 heterocycles. The fraction of sp³-hybridized carbons (Fsp3) is 0. The van der Waals surface area contributed by atoms with E-state index in [4.69, 9.17) is 5.73 Å². The predicted molar refractivity (Wildman–Crippen MR) is 40.8 cm³/mol. The van der Waals surface area contributed by atoms with E-state index in [1.165, 1.54) is 0 Å². The van der Waals surface area contributed by atoms with E-state index in [1.807, 2.05) is 0 Å². The van der Waals surface area contributed by atoms with E-state index in [-0.39, 0.29) is 5.84 Å². The quantitative estimate of drug-likeness (QED) is 0.288. The first kappa shape index (κ1) is 7.33. The second-order valence-corrected chi connectivity index (χ2v) is 1.80. The molecule has 0 saturated carbocycles. The van der Waals surface area contributed by atoms with Crippen LogP contribution in [0, 0.1) is 4.91 Å². The molecule has 1 rings (SSSR count). The lowest BCUT2D eigenvalue weighted by molar-refractivity contribution is 1.20. The molecule has 5 heteroatoms. The third-order valence-corrected chi connectivity index (χ3v) is 1.12. The number of nitrogens with zero attached hydrogens (tertiary/aromatic N) is 3. The number of nitroso groups, excluding NO2 is 1. The Balaban J connectivity index is 2.94. The summed E-state index contributed by atoms with van der Waals surface area (Å²) >= 11 is 0. The topological polar surface area (TPSA) is 80.7 Å². The first-order valence-electron chi connectivity index (χ1n) is 2.91. The molecule has 0 aromatic carbocycles. The Bertz CT molecular complexity index is 269. The van der Waals surface area contributed by atoms with Crippen molar-refractivity contribution in [1.29, 1.82) is 0 Å². The molecule has 1 aromatic rings. The average molecular weight is 150 g/mol. The highest BCUT2D eigenvalue weighted by molar-refractivity contribution is 5.97. The molecule has 56 valence electrons. The van der Waals surface area contributed by atoms with Gasteiger partial charge in [0.25, 0.3) is 0 Å². The molecule has 0 fully saturated rings. The van der Waals surface area contributed by atoms with Crippen LogP contribution in [-0.4, -0.2) is 10.8 Å². The summed E-state index contributed by atoms with van der Waals surface area (Å²) < 4.78 is 0. The summed E-state index contributed by atoms with van der Waals surface area (Å²) in [4.78, 5) is 13.4. The first-order chi connectivity index (χ1) is 5.34. The van der Waals surface area contributed by atoms with Crippen LogP contribution in [0.5, 0.6) is 0 Å². The van der Waals surface area contributed by atoms with E-state index in [0.29, 0.717) is 5.56 Å². The van der Waals surface area contributed by atoms with Gasteiger partial charge in [0.15, 0.2) is 5.84 Å². The van der Waals surface area contributed by atoms with E-state index in [1.54, 1.807) is 24.5 Å². The molecule has 0 spiro atoms. The number of amidine groups is 1. The minimum absolute atomic E-state index is 0.0994. The molecule has 0 atom stereocenters. The first-order valence-corrected chi connectivity index (χ1v) is 2.91. The maximum absolute atomic E-state index is 9.66. The molecule has 0 unspecified atom stereocenters. The number of hydrogen-bond donors (Lipinski definition) is 1. The summed E-state index contributed by atoms with van der Waals surface area (Å²) in [5.74, 6) is 0.0994. The van der Waals surface area contributed by atoms with Crippen LogP contribution in [0.25, 0.3) is 0 Å². The molecule has 0 amide bonds. The van der Waals surface area contributed by atoms with Crippen molar-refractivity contribution in [2.24, 2.45) is 16.1 Å². The highest BCUT2D eigenvalue weighted by Crippen LogP contribution is 1.94. The van der Waals surface area contributed by atoms with Gasteiger partial charge in [-0.1, -0.05) is 5.10 Å². The van der Waals surface area contributed by atoms with Crippen LogP contribution in [0.4, 0.5) is 0 Å². The maximum Gasteiger partial charge on any atom is 0.156 e. The van der Waals surface area contributed by atoms with Crippen molar-refractivity contribution in [3.05, 3.63) is 35.0 Å². The highest BCUT2D eigenvalue weighted by Gasteiger charge is 1.94. The maximum atomic E-state index is 9.66. The minimum Gasteiger partial charge on any atom is -0.382 e. The lowest BCUT2D eigenvalue weighted by Crippen LogP contribution is -2.12. The van der Waals surface area contributed by atoms with Crippen LogP contribution in [0.15, 0.2) is 34.9 Å². The lowest BCUT2D eigenvalue weighted by Gasteiger charge is -1.93. The van der Waals surface area contributed by atoms with Crippen LogP contribution in [-0.2, 0) is 0 Å². The third kappa shape index (κ3) is 1.82. The molecule has 1 aromatic heterocycles. The number of rotatable bonds is 2. The van der Waals surface area contributed by atoms with Crippen LogP contribution in [0.3, 0.4) is 0 Å². The standard InChI is InChI=1S/C6H6N4O/c7-6(9-10-11)5-1-3-8-4-2-5/h1-4H,(H2,7,9,11). The fourth-order valence-electron chi connectivity index (χ4n) is 0.624. The Kier molecular flexibility index (Phi) is 2.27. The zero-order valence-corrected chi connectivity index (χ0v) is 5.64. The van der Waals surface area contributed by atoms with Gasteiger partial charge in [0, 0.05) is 18.0 Å². The number of hydrogen-bond acceptors (Lipinski definition) is 3. The van der Waals surface area contributed by atoms with Crippen LogP contribution in [0.2, 0.25) is 0 Å². The summed E-state index contributed by atoms with van der Waals surface area (Å²) in [6.07, 6.45) is 3.12. The molecular formula is C6H6N4O. The third-order valence-electron chi connectivity index (χ3n) is 1.12.